The lowest BCUT2D eigenvalue weighted by Gasteiger charge is -2.36. The number of imidazole rings is 1. The zero-order chi connectivity index (χ0) is 18.1. The standard InChI is InChI=1S/C20H21N3O3/c1-14-3-2-8-23-12-17(21-19(14)23)13-26-18-6-4-15(5-7-18)9-22-10-16(11-22)20(24)25/h2-8,12,16H,9-11,13H2,1H3,(H,24,25). The van der Waals surface area contributed by atoms with Crippen molar-refractivity contribution >= 4 is 11.6 Å². The van der Waals surface area contributed by atoms with Crippen molar-refractivity contribution in [1.82, 2.24) is 14.3 Å². The van der Waals surface area contributed by atoms with E-state index in [2.05, 4.69) is 9.88 Å². The molecule has 26 heavy (non-hydrogen) atoms. The van der Waals surface area contributed by atoms with Gasteiger partial charge in [0.1, 0.15) is 18.0 Å². The minimum Gasteiger partial charge on any atom is -0.487 e. The van der Waals surface area contributed by atoms with E-state index in [1.807, 2.05) is 60.1 Å². The van der Waals surface area contributed by atoms with Crippen molar-refractivity contribution < 1.29 is 14.6 Å². The SMILES string of the molecule is Cc1cccn2cc(COc3ccc(CN4CC(C(=O)O)C4)cc3)nc12. The van der Waals surface area contributed by atoms with Gasteiger partial charge >= 0.3 is 5.97 Å². The molecular weight excluding hydrogens is 330 g/mol. The maximum atomic E-state index is 10.8. The van der Waals surface area contributed by atoms with Crippen molar-refractivity contribution in [3.8, 4) is 5.75 Å². The molecule has 4 rings (SSSR count). The third-order valence-electron chi connectivity index (χ3n) is 4.75. The van der Waals surface area contributed by atoms with Gasteiger partial charge in [-0.25, -0.2) is 4.98 Å². The second kappa shape index (κ2) is 6.80. The Morgan fingerprint density at radius 2 is 2.04 bits per heavy atom. The molecule has 1 aromatic carbocycles. The molecule has 0 bridgehead atoms. The number of carbonyl (C=O) groups is 1. The Balaban J connectivity index is 1.32. The molecule has 0 atom stereocenters. The molecule has 0 amide bonds. The normalized spacial score (nSPS) is 15.1. The van der Waals surface area contributed by atoms with Gasteiger partial charge in [0.25, 0.3) is 0 Å². The largest absolute Gasteiger partial charge is 0.487 e. The number of pyridine rings is 1. The van der Waals surface area contributed by atoms with Gasteiger partial charge in [-0.1, -0.05) is 18.2 Å². The van der Waals surface area contributed by atoms with Gasteiger partial charge in [0.2, 0.25) is 0 Å². The highest BCUT2D eigenvalue weighted by atomic mass is 16.5. The average molecular weight is 351 g/mol. The number of aliphatic carboxylic acids is 1. The Morgan fingerprint density at radius 1 is 1.27 bits per heavy atom. The first-order valence-electron chi connectivity index (χ1n) is 8.68. The number of rotatable bonds is 6. The quantitative estimate of drug-likeness (QED) is 0.740. The second-order valence-electron chi connectivity index (χ2n) is 6.82. The van der Waals surface area contributed by atoms with Crippen molar-refractivity contribution in [1.29, 1.82) is 0 Å². The lowest BCUT2D eigenvalue weighted by molar-refractivity contribution is -0.147. The molecule has 1 aliphatic rings. The van der Waals surface area contributed by atoms with Crippen LogP contribution in [0.2, 0.25) is 0 Å². The maximum absolute atomic E-state index is 10.8. The molecule has 0 saturated carbocycles. The molecule has 134 valence electrons. The lowest BCUT2D eigenvalue weighted by Crippen LogP contribution is -2.49. The molecule has 0 aliphatic carbocycles. The van der Waals surface area contributed by atoms with Crippen LogP contribution in [0.4, 0.5) is 0 Å². The summed E-state index contributed by atoms with van der Waals surface area (Å²) in [6.07, 6.45) is 3.97. The summed E-state index contributed by atoms with van der Waals surface area (Å²) in [4.78, 5) is 17.6. The van der Waals surface area contributed by atoms with Gasteiger partial charge in [-0.3, -0.25) is 9.69 Å². The summed E-state index contributed by atoms with van der Waals surface area (Å²) in [5, 5.41) is 8.92. The second-order valence-corrected chi connectivity index (χ2v) is 6.82. The predicted octanol–water partition coefficient (Wildman–Crippen LogP) is 2.74. The van der Waals surface area contributed by atoms with E-state index >= 15 is 0 Å². The molecule has 0 unspecified atom stereocenters. The molecule has 1 aliphatic heterocycles. The van der Waals surface area contributed by atoms with Crippen molar-refractivity contribution in [2.24, 2.45) is 5.92 Å². The van der Waals surface area contributed by atoms with Gasteiger partial charge < -0.3 is 14.2 Å². The number of aromatic nitrogens is 2. The molecule has 3 heterocycles. The fraction of sp³-hybridized carbons (Fsp3) is 0.300. The Bertz CT molecular complexity index is 927. The van der Waals surface area contributed by atoms with E-state index in [1.54, 1.807) is 0 Å². The summed E-state index contributed by atoms with van der Waals surface area (Å²) in [5.41, 5.74) is 4.14. The van der Waals surface area contributed by atoms with Crippen LogP contribution in [-0.2, 0) is 17.9 Å². The number of hydrogen-bond donors (Lipinski definition) is 1. The molecule has 1 saturated heterocycles. The topological polar surface area (TPSA) is 67.1 Å². The van der Waals surface area contributed by atoms with Crippen molar-refractivity contribution in [3.63, 3.8) is 0 Å². The maximum Gasteiger partial charge on any atom is 0.309 e. The van der Waals surface area contributed by atoms with Crippen molar-refractivity contribution in [2.75, 3.05) is 13.1 Å². The average Bonchev–Trinajstić information content (AvgIpc) is 3.01. The molecule has 1 N–H and O–H groups in total. The molecule has 6 nitrogen and oxygen atoms in total. The van der Waals surface area contributed by atoms with Crippen LogP contribution in [0.15, 0.2) is 48.8 Å². The predicted molar refractivity (Wildman–Crippen MR) is 97.1 cm³/mol. The third kappa shape index (κ3) is 3.41. The molecule has 3 aromatic rings. The molecule has 6 heteroatoms. The van der Waals surface area contributed by atoms with Crippen LogP contribution in [0.25, 0.3) is 5.65 Å². The Hall–Kier alpha value is -2.86. The highest BCUT2D eigenvalue weighted by Gasteiger charge is 2.32. The van der Waals surface area contributed by atoms with Crippen LogP contribution in [0.5, 0.6) is 5.75 Å². The number of benzene rings is 1. The Morgan fingerprint density at radius 3 is 2.73 bits per heavy atom. The molecular formula is C20H21N3O3. The van der Waals surface area contributed by atoms with E-state index in [-0.39, 0.29) is 5.92 Å². The molecule has 2 aromatic heterocycles. The third-order valence-corrected chi connectivity index (χ3v) is 4.75. The molecule has 1 fully saturated rings. The van der Waals surface area contributed by atoms with Crippen LogP contribution < -0.4 is 4.74 Å². The van der Waals surface area contributed by atoms with Gasteiger partial charge in [-0.15, -0.1) is 0 Å². The fourth-order valence-corrected chi connectivity index (χ4v) is 3.24. The van der Waals surface area contributed by atoms with Crippen LogP contribution in [0.1, 0.15) is 16.8 Å². The van der Waals surface area contributed by atoms with Crippen molar-refractivity contribution in [3.05, 3.63) is 65.6 Å². The van der Waals surface area contributed by atoms with E-state index in [9.17, 15) is 4.79 Å². The Kier molecular flexibility index (Phi) is 4.34. The number of likely N-dealkylation sites (tertiary alicyclic amines) is 1. The zero-order valence-electron chi connectivity index (χ0n) is 14.6. The minimum absolute atomic E-state index is 0.216. The van der Waals surface area contributed by atoms with Crippen LogP contribution in [0, 0.1) is 12.8 Å². The van der Waals surface area contributed by atoms with E-state index in [0.29, 0.717) is 19.7 Å². The van der Waals surface area contributed by atoms with E-state index in [0.717, 1.165) is 34.8 Å². The first-order valence-corrected chi connectivity index (χ1v) is 8.68. The smallest absolute Gasteiger partial charge is 0.309 e. The number of fused-ring (bicyclic) bond motifs is 1. The molecule has 0 spiro atoms. The summed E-state index contributed by atoms with van der Waals surface area (Å²) < 4.78 is 7.85. The lowest BCUT2D eigenvalue weighted by atomic mass is 10.00. The van der Waals surface area contributed by atoms with E-state index < -0.39 is 5.97 Å². The number of carboxylic acid groups (broad SMARTS) is 1. The number of nitrogens with zero attached hydrogens (tertiary/aromatic N) is 3. The van der Waals surface area contributed by atoms with Gasteiger partial charge in [-0.05, 0) is 36.2 Å². The summed E-state index contributed by atoms with van der Waals surface area (Å²) in [7, 11) is 0. The summed E-state index contributed by atoms with van der Waals surface area (Å²) >= 11 is 0. The highest BCUT2D eigenvalue weighted by Crippen LogP contribution is 2.21. The molecule has 0 radical (unpaired) electrons. The monoisotopic (exact) mass is 351 g/mol. The van der Waals surface area contributed by atoms with Crippen molar-refractivity contribution in [2.45, 2.75) is 20.1 Å². The van der Waals surface area contributed by atoms with Crippen LogP contribution in [0.3, 0.4) is 0 Å². The summed E-state index contributed by atoms with van der Waals surface area (Å²) in [6, 6.07) is 12.0. The number of hydrogen-bond acceptors (Lipinski definition) is 4. The van der Waals surface area contributed by atoms with Gasteiger partial charge in [0.15, 0.2) is 0 Å². The number of aryl methyl sites for hydroxylation is 1. The fourth-order valence-electron chi connectivity index (χ4n) is 3.24. The Labute approximate surface area is 151 Å². The summed E-state index contributed by atoms with van der Waals surface area (Å²) in [6.45, 7) is 4.49. The van der Waals surface area contributed by atoms with Crippen LogP contribution in [-0.4, -0.2) is 38.4 Å². The zero-order valence-corrected chi connectivity index (χ0v) is 14.6. The number of carboxylic acids is 1. The summed E-state index contributed by atoms with van der Waals surface area (Å²) in [5.74, 6) is -0.117. The number of ether oxygens (including phenoxy) is 1. The van der Waals surface area contributed by atoms with E-state index in [4.69, 9.17) is 9.84 Å². The van der Waals surface area contributed by atoms with Crippen LogP contribution >= 0.6 is 0 Å². The van der Waals surface area contributed by atoms with Gasteiger partial charge in [0.05, 0.1) is 11.6 Å². The highest BCUT2D eigenvalue weighted by molar-refractivity contribution is 5.71. The van der Waals surface area contributed by atoms with E-state index in [1.165, 1.54) is 0 Å². The van der Waals surface area contributed by atoms with Gasteiger partial charge in [-0.2, -0.15) is 0 Å². The van der Waals surface area contributed by atoms with Gasteiger partial charge in [0, 0.05) is 32.0 Å². The first-order chi connectivity index (χ1) is 12.6. The minimum atomic E-state index is -0.702. The first kappa shape index (κ1) is 16.6.